The van der Waals surface area contributed by atoms with Gasteiger partial charge in [0.25, 0.3) is 11.8 Å². The predicted molar refractivity (Wildman–Crippen MR) is 141 cm³/mol. The molecule has 18 heteroatoms. The maximum absolute atomic E-state index is 13.3. The van der Waals surface area contributed by atoms with Gasteiger partial charge in [0.15, 0.2) is 16.7 Å². The fraction of sp³-hybridized carbons (Fsp3) is 0.500. The summed E-state index contributed by atoms with van der Waals surface area (Å²) >= 11 is 2.44. The zero-order chi connectivity index (χ0) is 29.2. The number of nitrogens with one attached hydrogen (secondary N) is 1. The van der Waals surface area contributed by atoms with Crippen LogP contribution in [0.2, 0.25) is 0 Å². The van der Waals surface area contributed by atoms with Crippen molar-refractivity contribution >= 4 is 57.7 Å². The van der Waals surface area contributed by atoms with Gasteiger partial charge in [-0.25, -0.2) is 9.78 Å². The van der Waals surface area contributed by atoms with Crippen LogP contribution in [0.25, 0.3) is 0 Å². The third-order valence-electron chi connectivity index (χ3n) is 5.57. The molecule has 2 aliphatic rings. The van der Waals surface area contributed by atoms with E-state index in [1.54, 1.807) is 27.7 Å². The van der Waals surface area contributed by atoms with Crippen LogP contribution in [0.1, 0.15) is 32.3 Å². The SMILES string of the molecule is CO/N=C(\C(=O)NC1C(=O)N2C(C(=O)OCOC(=O)C(C)(C)C)=C(Cn3nnc(C)n3)CSC12)c1csc(N)n1. The van der Waals surface area contributed by atoms with Crippen LogP contribution < -0.4 is 11.1 Å². The number of ether oxygens (including phenoxy) is 2. The number of esters is 2. The Kier molecular flexibility index (Phi) is 8.38. The Labute approximate surface area is 236 Å². The van der Waals surface area contributed by atoms with Gasteiger partial charge in [-0.15, -0.1) is 33.3 Å². The molecule has 2 aromatic heterocycles. The summed E-state index contributed by atoms with van der Waals surface area (Å²) in [7, 11) is 1.27. The van der Waals surface area contributed by atoms with Crippen molar-refractivity contribution in [2.75, 3.05) is 25.4 Å². The number of amides is 2. The Bertz CT molecular complexity index is 1390. The van der Waals surface area contributed by atoms with Gasteiger partial charge >= 0.3 is 11.9 Å². The summed E-state index contributed by atoms with van der Waals surface area (Å²) in [5.74, 6) is -1.99. The van der Waals surface area contributed by atoms with E-state index in [0.29, 0.717) is 11.4 Å². The van der Waals surface area contributed by atoms with Crippen LogP contribution in [-0.4, -0.2) is 90.6 Å². The minimum atomic E-state index is -0.981. The molecule has 0 saturated carbocycles. The van der Waals surface area contributed by atoms with Crippen LogP contribution >= 0.6 is 23.1 Å². The number of thioether (sulfide) groups is 1. The number of carbonyl (C=O) groups excluding carboxylic acids is 4. The van der Waals surface area contributed by atoms with Gasteiger partial charge in [0.2, 0.25) is 6.79 Å². The van der Waals surface area contributed by atoms with E-state index in [0.717, 1.165) is 11.3 Å². The first-order valence-corrected chi connectivity index (χ1v) is 13.7. The summed E-state index contributed by atoms with van der Waals surface area (Å²) in [6.45, 7) is 6.06. The Morgan fingerprint density at radius 1 is 1.27 bits per heavy atom. The van der Waals surface area contributed by atoms with Gasteiger partial charge < -0.3 is 25.4 Å². The van der Waals surface area contributed by atoms with Crippen molar-refractivity contribution in [2.24, 2.45) is 10.6 Å². The van der Waals surface area contributed by atoms with E-state index in [4.69, 9.17) is 20.0 Å². The van der Waals surface area contributed by atoms with E-state index in [9.17, 15) is 19.2 Å². The molecule has 1 saturated heterocycles. The molecule has 2 atom stereocenters. The fourth-order valence-corrected chi connectivity index (χ4v) is 5.56. The Morgan fingerprint density at radius 2 is 2.02 bits per heavy atom. The molecule has 3 N–H and O–H groups in total. The van der Waals surface area contributed by atoms with Gasteiger partial charge in [-0.1, -0.05) is 5.16 Å². The van der Waals surface area contributed by atoms with E-state index >= 15 is 0 Å². The number of hydrogen-bond acceptors (Lipinski definition) is 15. The second-order valence-corrected chi connectivity index (χ2v) is 11.6. The second kappa shape index (κ2) is 11.6. The molecule has 0 radical (unpaired) electrons. The summed E-state index contributed by atoms with van der Waals surface area (Å²) in [5.41, 5.74) is 5.35. The molecule has 2 aliphatic heterocycles. The first kappa shape index (κ1) is 28.9. The highest BCUT2D eigenvalue weighted by atomic mass is 32.2. The summed E-state index contributed by atoms with van der Waals surface area (Å²) in [4.78, 5) is 62.9. The number of carbonyl (C=O) groups is 4. The van der Waals surface area contributed by atoms with E-state index in [-0.39, 0.29) is 34.5 Å². The molecule has 0 bridgehead atoms. The maximum Gasteiger partial charge on any atom is 0.358 e. The normalized spacial score (nSPS) is 19.1. The third-order valence-corrected chi connectivity index (χ3v) is 7.58. The lowest BCUT2D eigenvalue weighted by atomic mass is 9.98. The predicted octanol–water partition coefficient (Wildman–Crippen LogP) is -0.185. The lowest BCUT2D eigenvalue weighted by molar-refractivity contribution is -0.173. The van der Waals surface area contributed by atoms with Crippen LogP contribution in [0.5, 0.6) is 0 Å². The smallest absolute Gasteiger partial charge is 0.358 e. The molecule has 214 valence electrons. The fourth-order valence-electron chi connectivity index (χ4n) is 3.68. The number of thiazole rings is 1. The number of anilines is 1. The molecule has 2 unspecified atom stereocenters. The van der Waals surface area contributed by atoms with Crippen molar-refractivity contribution in [3.05, 3.63) is 28.2 Å². The monoisotopic (exact) mass is 593 g/mol. The van der Waals surface area contributed by atoms with E-state index < -0.39 is 47.4 Å². The molecule has 1 fully saturated rings. The number of oxime groups is 1. The number of tetrazole rings is 1. The second-order valence-electron chi connectivity index (χ2n) is 9.61. The molecule has 0 spiro atoms. The van der Waals surface area contributed by atoms with Crippen molar-refractivity contribution in [1.82, 2.24) is 35.4 Å². The highest BCUT2D eigenvalue weighted by Gasteiger charge is 2.55. The van der Waals surface area contributed by atoms with Crippen molar-refractivity contribution in [3.63, 3.8) is 0 Å². The number of nitrogen functional groups attached to an aromatic ring is 1. The highest BCUT2D eigenvalue weighted by molar-refractivity contribution is 8.00. The first-order chi connectivity index (χ1) is 18.9. The topological polar surface area (TPSA) is 206 Å². The third kappa shape index (κ3) is 6.06. The number of β-lactam (4-membered cyclic amide) rings is 1. The molecule has 4 heterocycles. The highest BCUT2D eigenvalue weighted by Crippen LogP contribution is 2.41. The maximum atomic E-state index is 13.3. The summed E-state index contributed by atoms with van der Waals surface area (Å²) in [6, 6.07) is -0.981. The molecular formula is C22H27N9O7S2. The Morgan fingerprint density at radius 3 is 2.62 bits per heavy atom. The molecule has 2 amide bonds. The van der Waals surface area contributed by atoms with Gasteiger partial charge in [0.05, 0.1) is 12.0 Å². The zero-order valence-electron chi connectivity index (χ0n) is 22.2. The van der Waals surface area contributed by atoms with Crippen molar-refractivity contribution < 1.29 is 33.5 Å². The van der Waals surface area contributed by atoms with Crippen molar-refractivity contribution in [3.8, 4) is 0 Å². The van der Waals surface area contributed by atoms with Gasteiger partial charge in [0.1, 0.15) is 29.9 Å². The Balaban J connectivity index is 1.53. The van der Waals surface area contributed by atoms with E-state index in [1.165, 1.54) is 33.9 Å². The molecule has 2 aromatic rings. The minimum absolute atomic E-state index is 0.0425. The van der Waals surface area contributed by atoms with Crippen LogP contribution in [0, 0.1) is 12.3 Å². The number of nitrogens with two attached hydrogens (primary N) is 1. The lowest BCUT2D eigenvalue weighted by Gasteiger charge is -2.49. The number of aromatic nitrogens is 5. The minimum Gasteiger partial charge on any atom is -0.427 e. The molecular weight excluding hydrogens is 566 g/mol. The summed E-state index contributed by atoms with van der Waals surface area (Å²) in [5, 5.41) is 19.4. The number of aryl methyl sites for hydroxylation is 1. The van der Waals surface area contributed by atoms with E-state index in [1.807, 2.05) is 0 Å². The summed E-state index contributed by atoms with van der Waals surface area (Å²) < 4.78 is 10.3. The largest absolute Gasteiger partial charge is 0.427 e. The molecule has 0 aliphatic carbocycles. The van der Waals surface area contributed by atoms with E-state index in [2.05, 4.69) is 30.9 Å². The average molecular weight is 594 g/mol. The number of nitrogens with zero attached hydrogens (tertiary/aromatic N) is 7. The van der Waals surface area contributed by atoms with Gasteiger partial charge in [0, 0.05) is 11.1 Å². The van der Waals surface area contributed by atoms with Crippen molar-refractivity contribution in [2.45, 2.75) is 45.7 Å². The Hall–Kier alpha value is -4.06. The molecule has 0 aromatic carbocycles. The van der Waals surface area contributed by atoms with Crippen LogP contribution in [0.4, 0.5) is 5.13 Å². The van der Waals surface area contributed by atoms with Gasteiger partial charge in [-0.05, 0) is 38.5 Å². The molecule has 16 nitrogen and oxygen atoms in total. The average Bonchev–Trinajstić information content (AvgIpc) is 3.51. The molecule has 40 heavy (non-hydrogen) atoms. The quantitative estimate of drug-likeness (QED) is 0.127. The molecule has 4 rings (SSSR count). The zero-order valence-corrected chi connectivity index (χ0v) is 23.9. The summed E-state index contributed by atoms with van der Waals surface area (Å²) in [6.07, 6.45) is 0. The van der Waals surface area contributed by atoms with Crippen LogP contribution in [0.15, 0.2) is 21.8 Å². The van der Waals surface area contributed by atoms with Crippen LogP contribution in [-0.2, 0) is 40.0 Å². The van der Waals surface area contributed by atoms with Gasteiger partial charge in [-0.3, -0.25) is 19.3 Å². The van der Waals surface area contributed by atoms with Gasteiger partial charge in [-0.2, -0.15) is 4.80 Å². The number of rotatable bonds is 9. The standard InChI is InChI=1S/C22H27N9O7S2/c1-10-26-29-30(27-10)6-11-7-39-18-14(25-16(32)13(28-36-5)12-8-40-21(23)24-12)17(33)31(18)15(11)19(34)37-9-38-20(35)22(2,3)4/h8,14,18H,6-7,9H2,1-5H3,(H2,23,24)(H,25,32)/b28-13-. The van der Waals surface area contributed by atoms with Crippen molar-refractivity contribution in [1.29, 1.82) is 0 Å². The first-order valence-electron chi connectivity index (χ1n) is 11.8. The number of fused-ring (bicyclic) bond motifs is 1. The number of hydrogen-bond donors (Lipinski definition) is 2. The lowest BCUT2D eigenvalue weighted by Crippen LogP contribution is -2.71. The van der Waals surface area contributed by atoms with Crippen LogP contribution in [0.3, 0.4) is 0 Å².